The third kappa shape index (κ3) is 3.44. The van der Waals surface area contributed by atoms with Crippen LogP contribution in [0.3, 0.4) is 0 Å². The number of piperidine rings is 1. The molecule has 1 aromatic rings. The van der Waals surface area contributed by atoms with Crippen molar-refractivity contribution in [1.29, 1.82) is 0 Å². The zero-order valence-electron chi connectivity index (χ0n) is 9.88. The van der Waals surface area contributed by atoms with Gasteiger partial charge in [-0.15, -0.1) is 0 Å². The first-order valence-corrected chi connectivity index (χ1v) is 5.71. The van der Waals surface area contributed by atoms with Crippen molar-refractivity contribution in [2.45, 2.75) is 32.7 Å². The average molecular weight is 259 g/mol. The summed E-state index contributed by atoms with van der Waals surface area (Å²) in [4.78, 5) is 29.8. The molecule has 0 radical (unpaired) electrons. The highest BCUT2D eigenvalue weighted by Crippen LogP contribution is 2.11. The molecule has 0 unspecified atom stereocenters. The third-order valence-corrected chi connectivity index (χ3v) is 3.09. The molecule has 2 heterocycles. The van der Waals surface area contributed by atoms with Crippen LogP contribution in [0.25, 0.3) is 0 Å². The summed E-state index contributed by atoms with van der Waals surface area (Å²) in [5, 5.41) is 0. The van der Waals surface area contributed by atoms with Gasteiger partial charge in [-0.1, -0.05) is 6.42 Å². The summed E-state index contributed by atoms with van der Waals surface area (Å²) in [6.07, 6.45) is 3.66. The van der Waals surface area contributed by atoms with Gasteiger partial charge in [0, 0.05) is 12.2 Å². The smallest absolute Gasteiger partial charge is 0.325 e. The lowest BCUT2D eigenvalue weighted by Crippen LogP contribution is -3.00. The molecule has 0 aromatic carbocycles. The maximum absolute atomic E-state index is 11.6. The van der Waals surface area contributed by atoms with E-state index in [1.54, 1.807) is 6.92 Å². The van der Waals surface area contributed by atoms with Crippen molar-refractivity contribution in [3.63, 3.8) is 0 Å². The van der Waals surface area contributed by atoms with E-state index in [1.165, 1.54) is 19.3 Å². The Morgan fingerprint density at radius 3 is 2.35 bits per heavy atom. The minimum absolute atomic E-state index is 0. The Labute approximate surface area is 106 Å². The van der Waals surface area contributed by atoms with Crippen LogP contribution in [0, 0.1) is 6.92 Å². The molecule has 1 fully saturated rings. The quantitative estimate of drug-likeness (QED) is 0.610. The van der Waals surface area contributed by atoms with Crippen molar-refractivity contribution in [2.24, 2.45) is 0 Å². The van der Waals surface area contributed by atoms with Crippen LogP contribution in [0.15, 0.2) is 9.59 Å². The van der Waals surface area contributed by atoms with Crippen LogP contribution in [0.5, 0.6) is 0 Å². The maximum atomic E-state index is 11.6. The van der Waals surface area contributed by atoms with E-state index in [1.807, 2.05) is 0 Å². The molecular weight excluding hydrogens is 242 g/mol. The van der Waals surface area contributed by atoms with E-state index < -0.39 is 5.69 Å². The fraction of sp³-hybridized carbons (Fsp3) is 0.636. The topological polar surface area (TPSA) is 69.0 Å². The van der Waals surface area contributed by atoms with Crippen LogP contribution in [0.1, 0.15) is 30.5 Å². The molecule has 1 saturated heterocycles. The zero-order valence-corrected chi connectivity index (χ0v) is 10.6. The van der Waals surface area contributed by atoms with Gasteiger partial charge in [0.2, 0.25) is 0 Å². The molecule has 0 spiro atoms. The molecule has 5 nitrogen and oxygen atoms in total. The SMILES string of the molecule is Cc1[nH]c(=O)[nH]c(=O)c1CN1CCCCC1.[Cl-]. The van der Waals surface area contributed by atoms with E-state index in [0.717, 1.165) is 13.1 Å². The van der Waals surface area contributed by atoms with Crippen LogP contribution in [-0.2, 0) is 6.54 Å². The number of nitrogens with zero attached hydrogens (tertiary/aromatic N) is 1. The second kappa shape index (κ2) is 6.02. The number of aromatic amines is 2. The van der Waals surface area contributed by atoms with E-state index in [4.69, 9.17) is 0 Å². The lowest BCUT2D eigenvalue weighted by Gasteiger charge is -2.26. The van der Waals surface area contributed by atoms with Crippen LogP contribution in [0.2, 0.25) is 0 Å². The van der Waals surface area contributed by atoms with Crippen LogP contribution in [-0.4, -0.2) is 28.0 Å². The van der Waals surface area contributed by atoms with Gasteiger partial charge in [-0.3, -0.25) is 14.7 Å². The van der Waals surface area contributed by atoms with Crippen molar-refractivity contribution in [2.75, 3.05) is 13.1 Å². The minimum atomic E-state index is -0.426. The van der Waals surface area contributed by atoms with Gasteiger partial charge in [0.1, 0.15) is 0 Å². The molecule has 1 aliphatic heterocycles. The van der Waals surface area contributed by atoms with Crippen molar-refractivity contribution in [1.82, 2.24) is 14.9 Å². The van der Waals surface area contributed by atoms with Gasteiger partial charge in [0.15, 0.2) is 0 Å². The number of hydrogen-bond acceptors (Lipinski definition) is 3. The largest absolute Gasteiger partial charge is 1.00 e. The zero-order chi connectivity index (χ0) is 11.5. The Bertz CT molecular complexity index is 474. The Morgan fingerprint density at radius 2 is 1.76 bits per heavy atom. The van der Waals surface area contributed by atoms with Gasteiger partial charge >= 0.3 is 5.69 Å². The van der Waals surface area contributed by atoms with Crippen LogP contribution >= 0.6 is 0 Å². The third-order valence-electron chi connectivity index (χ3n) is 3.09. The number of likely N-dealkylation sites (tertiary alicyclic amines) is 1. The molecule has 1 aliphatic rings. The Morgan fingerprint density at radius 1 is 1.12 bits per heavy atom. The molecule has 0 atom stereocenters. The van der Waals surface area contributed by atoms with E-state index in [0.29, 0.717) is 17.8 Å². The highest BCUT2D eigenvalue weighted by Gasteiger charge is 2.14. The number of aryl methyl sites for hydroxylation is 1. The van der Waals surface area contributed by atoms with Gasteiger partial charge in [-0.2, -0.15) is 0 Å². The normalized spacial score (nSPS) is 16.5. The predicted molar refractivity (Wildman–Crippen MR) is 61.5 cm³/mol. The fourth-order valence-corrected chi connectivity index (χ4v) is 2.16. The lowest BCUT2D eigenvalue weighted by atomic mass is 10.1. The summed E-state index contributed by atoms with van der Waals surface area (Å²) < 4.78 is 0. The Kier molecular flexibility index (Phi) is 4.96. The summed E-state index contributed by atoms with van der Waals surface area (Å²) >= 11 is 0. The number of nitrogens with one attached hydrogen (secondary N) is 2. The standard InChI is InChI=1S/C11H17N3O2.ClH/c1-8-9(10(15)13-11(16)12-8)7-14-5-3-2-4-6-14;/h2-7H2,1H3,(H2,12,13,15,16);1H/p-1. The lowest BCUT2D eigenvalue weighted by molar-refractivity contribution is -0.00000371. The number of rotatable bonds is 2. The average Bonchev–Trinajstić information content (AvgIpc) is 2.25. The Hall–Kier alpha value is -1.07. The van der Waals surface area contributed by atoms with Crippen molar-refractivity contribution < 1.29 is 12.4 Å². The van der Waals surface area contributed by atoms with Crippen LogP contribution in [0.4, 0.5) is 0 Å². The summed E-state index contributed by atoms with van der Waals surface area (Å²) in [7, 11) is 0. The number of H-pyrrole nitrogens is 2. The highest BCUT2D eigenvalue weighted by atomic mass is 35.5. The van der Waals surface area contributed by atoms with Gasteiger partial charge in [-0.25, -0.2) is 4.79 Å². The Balaban J connectivity index is 0.00000144. The molecule has 1 aromatic heterocycles. The molecule has 0 aliphatic carbocycles. The maximum Gasteiger partial charge on any atom is 0.325 e. The highest BCUT2D eigenvalue weighted by molar-refractivity contribution is 5.14. The first kappa shape index (κ1) is 14.0. The summed E-state index contributed by atoms with van der Waals surface area (Å²) in [5.41, 5.74) is 0.678. The molecule has 96 valence electrons. The molecule has 0 saturated carbocycles. The second-order valence-electron chi connectivity index (χ2n) is 4.35. The summed E-state index contributed by atoms with van der Waals surface area (Å²) in [6.45, 7) is 4.49. The first-order chi connectivity index (χ1) is 7.66. The molecule has 6 heteroatoms. The molecular formula is C11H17ClN3O2-. The van der Waals surface area contributed by atoms with E-state index in [2.05, 4.69) is 14.9 Å². The number of halogens is 1. The fourth-order valence-electron chi connectivity index (χ4n) is 2.16. The molecule has 17 heavy (non-hydrogen) atoms. The molecule has 2 rings (SSSR count). The number of hydrogen-bond donors (Lipinski definition) is 2. The summed E-state index contributed by atoms with van der Waals surface area (Å²) in [6, 6.07) is 0. The van der Waals surface area contributed by atoms with Gasteiger partial charge in [0.25, 0.3) is 5.56 Å². The molecule has 2 N–H and O–H groups in total. The minimum Gasteiger partial charge on any atom is -1.00 e. The van der Waals surface area contributed by atoms with Crippen molar-refractivity contribution in [3.8, 4) is 0 Å². The van der Waals surface area contributed by atoms with Crippen LogP contribution < -0.4 is 23.7 Å². The van der Waals surface area contributed by atoms with E-state index in [9.17, 15) is 9.59 Å². The monoisotopic (exact) mass is 258 g/mol. The van der Waals surface area contributed by atoms with E-state index in [-0.39, 0.29) is 18.0 Å². The van der Waals surface area contributed by atoms with Gasteiger partial charge in [-0.05, 0) is 32.9 Å². The second-order valence-corrected chi connectivity index (χ2v) is 4.35. The van der Waals surface area contributed by atoms with Gasteiger partial charge in [0.05, 0.1) is 5.56 Å². The summed E-state index contributed by atoms with van der Waals surface area (Å²) in [5.74, 6) is 0. The first-order valence-electron chi connectivity index (χ1n) is 5.71. The van der Waals surface area contributed by atoms with Gasteiger partial charge < -0.3 is 17.4 Å². The molecule has 0 amide bonds. The predicted octanol–water partition coefficient (Wildman–Crippen LogP) is -2.64. The molecule has 0 bridgehead atoms. The van der Waals surface area contributed by atoms with E-state index >= 15 is 0 Å². The number of aromatic nitrogens is 2. The van der Waals surface area contributed by atoms with Crippen molar-refractivity contribution in [3.05, 3.63) is 32.1 Å². The van der Waals surface area contributed by atoms with Crippen molar-refractivity contribution >= 4 is 0 Å².